The number of phenols is 1. The lowest BCUT2D eigenvalue weighted by Crippen LogP contribution is -2.26. The highest BCUT2D eigenvalue weighted by Gasteiger charge is 2.14. The highest BCUT2D eigenvalue weighted by molar-refractivity contribution is 7.99. The van der Waals surface area contributed by atoms with Crippen LogP contribution in [0.5, 0.6) is 5.75 Å². The van der Waals surface area contributed by atoms with Crippen LogP contribution in [0.25, 0.3) is 0 Å². The standard InChI is InChI=1S/C14H16N2O3S2/c15-13-10-12(6-7-14(13)17)21(18,19)16-8-9-20-11-4-2-1-3-5-11/h1-7,10,16-17H,8-9,15H2. The van der Waals surface area contributed by atoms with Gasteiger partial charge in [0.15, 0.2) is 0 Å². The zero-order chi connectivity index (χ0) is 15.3. The summed E-state index contributed by atoms with van der Waals surface area (Å²) in [4.78, 5) is 1.13. The Hall–Kier alpha value is -1.70. The third-order valence-corrected chi connectivity index (χ3v) is 5.19. The van der Waals surface area contributed by atoms with Gasteiger partial charge in [-0.1, -0.05) is 18.2 Å². The van der Waals surface area contributed by atoms with Crippen LogP contribution in [0.2, 0.25) is 0 Å². The zero-order valence-electron chi connectivity index (χ0n) is 11.2. The Morgan fingerprint density at radius 3 is 2.52 bits per heavy atom. The maximum atomic E-state index is 12.0. The number of rotatable bonds is 6. The van der Waals surface area contributed by atoms with Gasteiger partial charge < -0.3 is 10.8 Å². The minimum Gasteiger partial charge on any atom is -0.506 e. The highest BCUT2D eigenvalue weighted by Crippen LogP contribution is 2.23. The quantitative estimate of drug-likeness (QED) is 0.327. The number of anilines is 1. The van der Waals surface area contributed by atoms with Crippen LogP contribution < -0.4 is 10.5 Å². The van der Waals surface area contributed by atoms with Crippen LogP contribution in [0.4, 0.5) is 5.69 Å². The molecular formula is C14H16N2O3S2. The van der Waals surface area contributed by atoms with Gasteiger partial charge in [-0.15, -0.1) is 11.8 Å². The Balaban J connectivity index is 1.91. The summed E-state index contributed by atoms with van der Waals surface area (Å²) in [5.74, 6) is 0.491. The van der Waals surface area contributed by atoms with Crippen LogP contribution in [-0.2, 0) is 10.0 Å². The molecule has 4 N–H and O–H groups in total. The van der Waals surface area contributed by atoms with Crippen molar-refractivity contribution in [1.29, 1.82) is 0 Å². The molecule has 0 atom stereocenters. The molecular weight excluding hydrogens is 308 g/mol. The van der Waals surface area contributed by atoms with Crippen molar-refractivity contribution in [3.63, 3.8) is 0 Å². The van der Waals surface area contributed by atoms with Crippen molar-refractivity contribution >= 4 is 27.5 Å². The summed E-state index contributed by atoms with van der Waals surface area (Å²) in [5, 5.41) is 9.31. The molecule has 21 heavy (non-hydrogen) atoms. The van der Waals surface area contributed by atoms with Gasteiger partial charge in [0.1, 0.15) is 5.75 Å². The Morgan fingerprint density at radius 2 is 1.86 bits per heavy atom. The van der Waals surface area contributed by atoms with E-state index in [0.717, 1.165) is 4.90 Å². The SMILES string of the molecule is Nc1cc(S(=O)(=O)NCCSc2ccccc2)ccc1O. The molecule has 0 aromatic heterocycles. The molecule has 0 fully saturated rings. The summed E-state index contributed by atoms with van der Waals surface area (Å²) in [5.41, 5.74) is 5.54. The zero-order valence-corrected chi connectivity index (χ0v) is 12.8. The Labute approximate surface area is 128 Å². The second kappa shape index (κ2) is 6.84. The molecule has 0 saturated heterocycles. The van der Waals surface area contributed by atoms with Gasteiger partial charge >= 0.3 is 0 Å². The first-order chi connectivity index (χ1) is 9.99. The number of sulfonamides is 1. The highest BCUT2D eigenvalue weighted by atomic mass is 32.2. The summed E-state index contributed by atoms with van der Waals surface area (Å²) in [6.45, 7) is 0.308. The number of hydrogen-bond acceptors (Lipinski definition) is 5. The second-order valence-electron chi connectivity index (χ2n) is 4.28. The average molecular weight is 324 g/mol. The molecule has 5 nitrogen and oxygen atoms in total. The number of nitrogen functional groups attached to an aromatic ring is 1. The Morgan fingerprint density at radius 1 is 1.14 bits per heavy atom. The smallest absolute Gasteiger partial charge is 0.240 e. The molecule has 0 saturated carbocycles. The number of phenolic OH excluding ortho intramolecular Hbond substituents is 1. The topological polar surface area (TPSA) is 92.4 Å². The number of benzene rings is 2. The predicted octanol–water partition coefficient (Wildman–Crippen LogP) is 2.05. The molecule has 112 valence electrons. The van der Waals surface area contributed by atoms with E-state index in [1.807, 2.05) is 30.3 Å². The summed E-state index contributed by atoms with van der Waals surface area (Å²) in [6, 6.07) is 13.6. The van der Waals surface area contributed by atoms with Gasteiger partial charge in [-0.3, -0.25) is 0 Å². The van der Waals surface area contributed by atoms with Crippen molar-refractivity contribution in [1.82, 2.24) is 4.72 Å². The Bertz CT molecular complexity index is 703. The van der Waals surface area contributed by atoms with Crippen LogP contribution >= 0.6 is 11.8 Å². The molecule has 0 amide bonds. The van der Waals surface area contributed by atoms with Gasteiger partial charge in [0, 0.05) is 17.2 Å². The van der Waals surface area contributed by atoms with Crippen molar-refractivity contribution in [2.75, 3.05) is 18.0 Å². The normalized spacial score (nSPS) is 11.4. The largest absolute Gasteiger partial charge is 0.506 e. The fraction of sp³-hybridized carbons (Fsp3) is 0.143. The fourth-order valence-electron chi connectivity index (χ4n) is 1.64. The van der Waals surface area contributed by atoms with E-state index in [-0.39, 0.29) is 16.3 Å². The number of hydrogen-bond donors (Lipinski definition) is 3. The van der Waals surface area contributed by atoms with Crippen LogP contribution in [-0.4, -0.2) is 25.8 Å². The van der Waals surface area contributed by atoms with E-state index < -0.39 is 10.0 Å². The lowest BCUT2D eigenvalue weighted by Gasteiger charge is -2.08. The molecule has 2 aromatic rings. The lowest BCUT2D eigenvalue weighted by molar-refractivity contribution is 0.477. The third-order valence-electron chi connectivity index (χ3n) is 2.72. The third kappa shape index (κ3) is 4.38. The maximum absolute atomic E-state index is 12.0. The number of nitrogens with one attached hydrogen (secondary N) is 1. The second-order valence-corrected chi connectivity index (χ2v) is 7.22. The van der Waals surface area contributed by atoms with Gasteiger partial charge in [-0.05, 0) is 30.3 Å². The van der Waals surface area contributed by atoms with E-state index in [2.05, 4.69) is 4.72 Å². The molecule has 7 heteroatoms. The average Bonchev–Trinajstić information content (AvgIpc) is 2.47. The maximum Gasteiger partial charge on any atom is 0.240 e. The summed E-state index contributed by atoms with van der Waals surface area (Å²) >= 11 is 1.57. The molecule has 0 aliphatic rings. The summed E-state index contributed by atoms with van der Waals surface area (Å²) in [7, 11) is -3.61. The first-order valence-corrected chi connectivity index (χ1v) is 8.72. The van der Waals surface area contributed by atoms with E-state index >= 15 is 0 Å². The van der Waals surface area contributed by atoms with Gasteiger partial charge in [-0.25, -0.2) is 13.1 Å². The predicted molar refractivity (Wildman–Crippen MR) is 84.9 cm³/mol. The number of nitrogens with two attached hydrogens (primary N) is 1. The molecule has 0 heterocycles. The van der Waals surface area contributed by atoms with Crippen molar-refractivity contribution in [2.24, 2.45) is 0 Å². The van der Waals surface area contributed by atoms with E-state index in [1.165, 1.54) is 18.2 Å². The van der Waals surface area contributed by atoms with Crippen molar-refractivity contribution in [2.45, 2.75) is 9.79 Å². The van der Waals surface area contributed by atoms with Crippen LogP contribution in [0.3, 0.4) is 0 Å². The molecule has 0 aliphatic carbocycles. The molecule has 0 unspecified atom stereocenters. The first kappa shape index (κ1) is 15.7. The van der Waals surface area contributed by atoms with Crippen LogP contribution in [0.15, 0.2) is 58.3 Å². The molecule has 2 rings (SSSR count). The molecule has 0 aliphatic heterocycles. The lowest BCUT2D eigenvalue weighted by atomic mass is 10.3. The van der Waals surface area contributed by atoms with E-state index in [4.69, 9.17) is 5.73 Å². The minimum absolute atomic E-state index is 0.0385. The van der Waals surface area contributed by atoms with Gasteiger partial charge in [0.2, 0.25) is 10.0 Å². The molecule has 2 aromatic carbocycles. The fourth-order valence-corrected chi connectivity index (χ4v) is 3.63. The van der Waals surface area contributed by atoms with Crippen molar-refractivity contribution < 1.29 is 13.5 Å². The summed E-state index contributed by atoms with van der Waals surface area (Å²) in [6.07, 6.45) is 0. The Kier molecular flexibility index (Phi) is 5.11. The molecule has 0 spiro atoms. The van der Waals surface area contributed by atoms with Crippen molar-refractivity contribution in [3.8, 4) is 5.75 Å². The first-order valence-electron chi connectivity index (χ1n) is 6.25. The van der Waals surface area contributed by atoms with Crippen LogP contribution in [0.1, 0.15) is 0 Å². The van der Waals surface area contributed by atoms with E-state index in [1.54, 1.807) is 11.8 Å². The number of thioether (sulfide) groups is 1. The molecule has 0 radical (unpaired) electrons. The van der Waals surface area contributed by atoms with Crippen molar-refractivity contribution in [3.05, 3.63) is 48.5 Å². The number of aromatic hydroxyl groups is 1. The van der Waals surface area contributed by atoms with Crippen LogP contribution in [0, 0.1) is 0 Å². The minimum atomic E-state index is -3.61. The molecule has 0 bridgehead atoms. The van der Waals surface area contributed by atoms with Gasteiger partial charge in [0.05, 0.1) is 10.6 Å². The van der Waals surface area contributed by atoms with Gasteiger partial charge in [0.25, 0.3) is 0 Å². The monoisotopic (exact) mass is 324 g/mol. The van der Waals surface area contributed by atoms with E-state index in [9.17, 15) is 13.5 Å². The summed E-state index contributed by atoms with van der Waals surface area (Å²) < 4.78 is 26.6. The van der Waals surface area contributed by atoms with E-state index in [0.29, 0.717) is 12.3 Å². The van der Waals surface area contributed by atoms with Gasteiger partial charge in [-0.2, -0.15) is 0 Å².